The van der Waals surface area contributed by atoms with Crippen LogP contribution in [-0.4, -0.2) is 23.7 Å². The Morgan fingerprint density at radius 3 is 2.74 bits per heavy atom. The average Bonchev–Trinajstić information content (AvgIpc) is 2.39. The van der Waals surface area contributed by atoms with Crippen LogP contribution >= 0.6 is 11.6 Å². The average molecular weight is 279 g/mol. The zero-order valence-electron chi connectivity index (χ0n) is 10.9. The van der Waals surface area contributed by atoms with Crippen molar-refractivity contribution in [3.8, 4) is 17.0 Å². The van der Waals surface area contributed by atoms with Gasteiger partial charge in [0.15, 0.2) is 5.82 Å². The van der Waals surface area contributed by atoms with Crippen LogP contribution in [0.15, 0.2) is 30.3 Å². The maximum Gasteiger partial charge on any atom is 0.156 e. The van der Waals surface area contributed by atoms with Crippen LogP contribution in [0.3, 0.4) is 0 Å². The number of ether oxygens (including phenoxy) is 2. The Balaban J connectivity index is 2.46. The van der Waals surface area contributed by atoms with E-state index in [-0.39, 0.29) is 0 Å². The van der Waals surface area contributed by atoms with E-state index in [4.69, 9.17) is 21.1 Å². The molecule has 0 spiro atoms. The summed E-state index contributed by atoms with van der Waals surface area (Å²) in [6.45, 7) is 2.87. The quantitative estimate of drug-likeness (QED) is 0.787. The second-order valence-corrected chi connectivity index (χ2v) is 4.24. The van der Waals surface area contributed by atoms with Gasteiger partial charge in [-0.15, -0.1) is 0 Å². The van der Waals surface area contributed by atoms with Crippen molar-refractivity contribution in [2.75, 3.05) is 13.7 Å². The molecule has 0 unspecified atom stereocenters. The summed E-state index contributed by atoms with van der Waals surface area (Å²) in [5.41, 5.74) is 1.63. The third-order valence-electron chi connectivity index (χ3n) is 2.48. The van der Waals surface area contributed by atoms with Crippen LogP contribution in [0.2, 0.25) is 5.15 Å². The highest BCUT2D eigenvalue weighted by Gasteiger charge is 2.10. The van der Waals surface area contributed by atoms with E-state index in [2.05, 4.69) is 9.97 Å². The molecule has 2 aromatic rings. The smallest absolute Gasteiger partial charge is 0.156 e. The summed E-state index contributed by atoms with van der Waals surface area (Å²) in [7, 11) is 1.60. The molecular formula is C14H15ClN2O2. The normalized spacial score (nSPS) is 10.5. The van der Waals surface area contributed by atoms with Gasteiger partial charge in [0.1, 0.15) is 17.5 Å². The molecule has 0 amide bonds. The lowest BCUT2D eigenvalue weighted by Gasteiger charge is -2.10. The Bertz CT molecular complexity index is 561. The van der Waals surface area contributed by atoms with Crippen LogP contribution in [-0.2, 0) is 11.3 Å². The number of methoxy groups -OCH3 is 1. The molecule has 0 aliphatic rings. The molecular weight excluding hydrogens is 264 g/mol. The molecule has 1 heterocycles. The highest BCUT2D eigenvalue weighted by atomic mass is 35.5. The fourth-order valence-electron chi connectivity index (χ4n) is 1.76. The molecule has 100 valence electrons. The van der Waals surface area contributed by atoms with E-state index < -0.39 is 0 Å². The Kier molecular flexibility index (Phi) is 4.71. The van der Waals surface area contributed by atoms with Gasteiger partial charge in [0.05, 0.1) is 12.3 Å². The topological polar surface area (TPSA) is 44.2 Å². The van der Waals surface area contributed by atoms with Gasteiger partial charge in [-0.05, 0) is 19.1 Å². The lowest BCUT2D eigenvalue weighted by atomic mass is 10.1. The first-order valence-electron chi connectivity index (χ1n) is 5.99. The summed E-state index contributed by atoms with van der Waals surface area (Å²) in [6.07, 6.45) is 0. The molecule has 0 N–H and O–H groups in total. The van der Waals surface area contributed by atoms with Crippen molar-refractivity contribution in [3.63, 3.8) is 0 Å². The molecule has 1 aromatic heterocycles. The number of hydrogen-bond donors (Lipinski definition) is 0. The van der Waals surface area contributed by atoms with E-state index >= 15 is 0 Å². The van der Waals surface area contributed by atoms with Gasteiger partial charge in [-0.25, -0.2) is 9.97 Å². The molecule has 5 heteroatoms. The summed E-state index contributed by atoms with van der Waals surface area (Å²) in [4.78, 5) is 8.55. The van der Waals surface area contributed by atoms with Crippen LogP contribution in [0.5, 0.6) is 5.75 Å². The summed E-state index contributed by atoms with van der Waals surface area (Å²) in [5.74, 6) is 1.33. The monoisotopic (exact) mass is 278 g/mol. The van der Waals surface area contributed by atoms with Crippen molar-refractivity contribution < 1.29 is 9.47 Å². The predicted octanol–water partition coefficient (Wildman–Crippen LogP) is 3.34. The second kappa shape index (κ2) is 6.50. The maximum absolute atomic E-state index is 6.02. The molecule has 0 radical (unpaired) electrons. The number of aromatic nitrogens is 2. The molecule has 4 nitrogen and oxygen atoms in total. The van der Waals surface area contributed by atoms with Gasteiger partial charge < -0.3 is 9.47 Å². The molecule has 0 atom stereocenters. The fourth-order valence-corrected chi connectivity index (χ4v) is 1.96. The number of nitrogens with zero attached hydrogens (tertiary/aromatic N) is 2. The molecule has 2 rings (SSSR count). The fraction of sp³-hybridized carbons (Fsp3) is 0.286. The minimum atomic E-state index is 0.324. The van der Waals surface area contributed by atoms with Crippen LogP contribution in [0, 0.1) is 0 Å². The summed E-state index contributed by atoms with van der Waals surface area (Å²) in [6, 6.07) is 9.43. The van der Waals surface area contributed by atoms with Gasteiger partial charge >= 0.3 is 0 Å². The van der Waals surface area contributed by atoms with E-state index in [1.54, 1.807) is 13.2 Å². The molecule has 0 saturated heterocycles. The standard InChI is InChI=1S/C14H15ClN2O2/c1-3-19-12-7-5-4-6-10(12)11-8-13(15)17-14(16-11)9-18-2/h4-8H,3,9H2,1-2H3. The summed E-state index contributed by atoms with van der Waals surface area (Å²) < 4.78 is 10.6. The molecule has 0 bridgehead atoms. The number of para-hydroxylation sites is 1. The lowest BCUT2D eigenvalue weighted by molar-refractivity contribution is 0.178. The maximum atomic E-state index is 6.02. The Hall–Kier alpha value is -1.65. The molecule has 0 aliphatic carbocycles. The highest BCUT2D eigenvalue weighted by molar-refractivity contribution is 6.29. The molecule has 19 heavy (non-hydrogen) atoms. The molecule has 0 aliphatic heterocycles. The van der Waals surface area contributed by atoms with Crippen molar-refractivity contribution >= 4 is 11.6 Å². The van der Waals surface area contributed by atoms with Crippen molar-refractivity contribution in [2.45, 2.75) is 13.5 Å². The van der Waals surface area contributed by atoms with Gasteiger partial charge in [-0.3, -0.25) is 0 Å². The van der Waals surface area contributed by atoms with E-state index in [9.17, 15) is 0 Å². The van der Waals surface area contributed by atoms with E-state index in [1.165, 1.54) is 0 Å². The third kappa shape index (κ3) is 3.43. The number of hydrogen-bond acceptors (Lipinski definition) is 4. The van der Waals surface area contributed by atoms with Gasteiger partial charge in [0.2, 0.25) is 0 Å². The van der Waals surface area contributed by atoms with Crippen molar-refractivity contribution in [2.24, 2.45) is 0 Å². The Morgan fingerprint density at radius 1 is 1.21 bits per heavy atom. The third-order valence-corrected chi connectivity index (χ3v) is 2.67. The summed E-state index contributed by atoms with van der Waals surface area (Å²) >= 11 is 6.02. The lowest BCUT2D eigenvalue weighted by Crippen LogP contribution is -2.00. The molecule has 0 saturated carbocycles. The van der Waals surface area contributed by atoms with Gasteiger partial charge in [-0.2, -0.15) is 0 Å². The second-order valence-electron chi connectivity index (χ2n) is 3.85. The Morgan fingerprint density at radius 2 is 2.00 bits per heavy atom. The zero-order chi connectivity index (χ0) is 13.7. The summed E-state index contributed by atoms with van der Waals surface area (Å²) in [5, 5.41) is 0.392. The molecule has 0 fully saturated rings. The predicted molar refractivity (Wildman–Crippen MR) is 74.4 cm³/mol. The Labute approximate surface area is 117 Å². The zero-order valence-corrected chi connectivity index (χ0v) is 11.6. The van der Waals surface area contributed by atoms with Gasteiger partial charge in [0, 0.05) is 18.7 Å². The minimum absolute atomic E-state index is 0.324. The van der Waals surface area contributed by atoms with E-state index in [0.29, 0.717) is 24.2 Å². The van der Waals surface area contributed by atoms with Crippen LogP contribution in [0.1, 0.15) is 12.7 Å². The van der Waals surface area contributed by atoms with Crippen molar-refractivity contribution in [3.05, 3.63) is 41.3 Å². The number of halogens is 1. The van der Waals surface area contributed by atoms with E-state index in [0.717, 1.165) is 17.0 Å². The number of rotatable bonds is 5. The SMILES string of the molecule is CCOc1ccccc1-c1cc(Cl)nc(COC)n1. The first kappa shape index (κ1) is 13.8. The van der Waals surface area contributed by atoms with E-state index in [1.807, 2.05) is 31.2 Å². The molecule has 1 aromatic carbocycles. The van der Waals surface area contributed by atoms with Gasteiger partial charge in [-0.1, -0.05) is 23.7 Å². The van der Waals surface area contributed by atoms with Crippen LogP contribution in [0.25, 0.3) is 11.3 Å². The van der Waals surface area contributed by atoms with Crippen molar-refractivity contribution in [1.82, 2.24) is 9.97 Å². The first-order chi connectivity index (χ1) is 9.24. The highest BCUT2D eigenvalue weighted by Crippen LogP contribution is 2.29. The van der Waals surface area contributed by atoms with Crippen molar-refractivity contribution in [1.29, 1.82) is 0 Å². The minimum Gasteiger partial charge on any atom is -0.493 e. The number of benzene rings is 1. The van der Waals surface area contributed by atoms with Gasteiger partial charge in [0.25, 0.3) is 0 Å². The largest absolute Gasteiger partial charge is 0.493 e. The first-order valence-corrected chi connectivity index (χ1v) is 6.37. The van der Waals surface area contributed by atoms with Crippen LogP contribution < -0.4 is 4.74 Å². The van der Waals surface area contributed by atoms with Crippen LogP contribution in [0.4, 0.5) is 0 Å².